The molecular weight excluding hydrogens is 373 g/mol. The predicted octanol–water partition coefficient (Wildman–Crippen LogP) is 3.66. The van der Waals surface area contributed by atoms with Crippen LogP contribution in [0.15, 0.2) is 36.4 Å². The molecule has 0 radical (unpaired) electrons. The summed E-state index contributed by atoms with van der Waals surface area (Å²) in [5.41, 5.74) is 2.16. The molecule has 0 spiro atoms. The molecule has 0 heterocycles. The molecule has 2 N–H and O–H groups in total. The monoisotopic (exact) mass is 391 g/mol. The molecule has 9 heteroatoms. The van der Waals surface area contributed by atoms with E-state index < -0.39 is 22.3 Å². The number of rotatable bonds is 7. The average Bonchev–Trinajstić information content (AvgIpc) is 2.59. The number of nitrogens with one attached hydrogen (secondary N) is 2. The van der Waals surface area contributed by atoms with Gasteiger partial charge in [0, 0.05) is 17.4 Å². The van der Waals surface area contributed by atoms with Crippen molar-refractivity contribution >= 4 is 40.6 Å². The van der Waals surface area contributed by atoms with Crippen LogP contribution in [0.25, 0.3) is 0 Å². The maximum absolute atomic E-state index is 13.3. The molecule has 0 aliphatic carbocycles. The number of thioether (sulfide) groups is 1. The Balaban J connectivity index is 1.81. The van der Waals surface area contributed by atoms with E-state index in [1.807, 2.05) is 32.0 Å². The number of amides is 2. The number of hydrogen-bond donors (Lipinski definition) is 2. The lowest BCUT2D eigenvalue weighted by Crippen LogP contribution is -2.19. The zero-order valence-electron chi connectivity index (χ0n) is 14.7. The van der Waals surface area contributed by atoms with Crippen LogP contribution in [0.1, 0.15) is 11.1 Å². The lowest BCUT2D eigenvalue weighted by Gasteiger charge is -2.09. The van der Waals surface area contributed by atoms with Gasteiger partial charge >= 0.3 is 5.69 Å². The second-order valence-electron chi connectivity index (χ2n) is 5.83. The van der Waals surface area contributed by atoms with Gasteiger partial charge in [-0.15, -0.1) is 11.8 Å². The standard InChI is InChI=1S/C18H18FN3O4S/c1-11-3-6-15(12(2)7-11)21-18(24)10-27-9-17(23)20-13-4-5-14(19)16(8-13)22(25)26/h3-8H,9-10H2,1-2H3,(H,20,23)(H,21,24). The van der Waals surface area contributed by atoms with Crippen molar-refractivity contribution in [1.29, 1.82) is 0 Å². The smallest absolute Gasteiger partial charge is 0.306 e. The maximum Gasteiger partial charge on any atom is 0.306 e. The summed E-state index contributed by atoms with van der Waals surface area (Å²) in [6.07, 6.45) is 0. The van der Waals surface area contributed by atoms with E-state index in [9.17, 15) is 24.1 Å². The number of benzene rings is 2. The van der Waals surface area contributed by atoms with Crippen molar-refractivity contribution in [3.63, 3.8) is 0 Å². The van der Waals surface area contributed by atoms with Crippen LogP contribution in [-0.2, 0) is 9.59 Å². The highest BCUT2D eigenvalue weighted by molar-refractivity contribution is 8.00. The van der Waals surface area contributed by atoms with Gasteiger partial charge in [-0.3, -0.25) is 19.7 Å². The molecule has 7 nitrogen and oxygen atoms in total. The number of carbonyl (C=O) groups is 2. The first-order valence-electron chi connectivity index (χ1n) is 7.95. The van der Waals surface area contributed by atoms with Crippen LogP contribution in [-0.4, -0.2) is 28.2 Å². The van der Waals surface area contributed by atoms with Crippen molar-refractivity contribution < 1.29 is 18.9 Å². The fourth-order valence-electron chi connectivity index (χ4n) is 2.30. The van der Waals surface area contributed by atoms with Crippen LogP contribution in [0.5, 0.6) is 0 Å². The van der Waals surface area contributed by atoms with Gasteiger partial charge in [0.15, 0.2) is 0 Å². The number of nitrogens with zero attached hydrogens (tertiary/aromatic N) is 1. The van der Waals surface area contributed by atoms with E-state index in [-0.39, 0.29) is 23.1 Å². The first-order valence-corrected chi connectivity index (χ1v) is 9.10. The van der Waals surface area contributed by atoms with Crippen molar-refractivity contribution in [1.82, 2.24) is 0 Å². The minimum Gasteiger partial charge on any atom is -0.325 e. The highest BCUT2D eigenvalue weighted by Crippen LogP contribution is 2.22. The SMILES string of the molecule is Cc1ccc(NC(=O)CSCC(=O)Nc2ccc(F)c([N+](=O)[O-])c2)c(C)c1. The molecule has 2 aromatic carbocycles. The summed E-state index contributed by atoms with van der Waals surface area (Å²) in [5.74, 6) is -1.61. The molecule has 0 aliphatic rings. The fourth-order valence-corrected chi connectivity index (χ4v) is 2.92. The fraction of sp³-hybridized carbons (Fsp3) is 0.222. The van der Waals surface area contributed by atoms with E-state index in [0.29, 0.717) is 5.69 Å². The van der Waals surface area contributed by atoms with Crippen LogP contribution in [0.2, 0.25) is 0 Å². The molecule has 0 bridgehead atoms. The summed E-state index contributed by atoms with van der Waals surface area (Å²) in [6.45, 7) is 3.86. The molecule has 0 unspecified atom stereocenters. The number of nitro groups is 1. The second kappa shape index (κ2) is 9.13. The number of nitro benzene ring substituents is 1. The Bertz CT molecular complexity index is 889. The Labute approximate surface area is 159 Å². The maximum atomic E-state index is 13.3. The van der Waals surface area contributed by atoms with Crippen molar-refractivity contribution in [2.75, 3.05) is 22.1 Å². The van der Waals surface area contributed by atoms with Gasteiger partial charge in [-0.2, -0.15) is 4.39 Å². The van der Waals surface area contributed by atoms with Gasteiger partial charge in [-0.25, -0.2) is 0 Å². The van der Waals surface area contributed by atoms with Crippen molar-refractivity contribution in [3.05, 3.63) is 63.5 Å². The van der Waals surface area contributed by atoms with Crippen LogP contribution in [0, 0.1) is 29.8 Å². The molecule has 0 fully saturated rings. The molecule has 142 valence electrons. The molecule has 2 rings (SSSR count). The molecule has 0 atom stereocenters. The molecule has 0 saturated heterocycles. The number of aryl methyl sites for hydroxylation is 2. The number of anilines is 2. The van der Waals surface area contributed by atoms with E-state index in [1.54, 1.807) is 0 Å². The summed E-state index contributed by atoms with van der Waals surface area (Å²) in [4.78, 5) is 33.7. The largest absolute Gasteiger partial charge is 0.325 e. The Morgan fingerprint density at radius 1 is 1.07 bits per heavy atom. The van der Waals surface area contributed by atoms with E-state index in [0.717, 1.165) is 35.0 Å². The van der Waals surface area contributed by atoms with Gasteiger partial charge in [-0.1, -0.05) is 17.7 Å². The van der Waals surface area contributed by atoms with E-state index in [4.69, 9.17) is 0 Å². The molecule has 0 aliphatic heterocycles. The lowest BCUT2D eigenvalue weighted by molar-refractivity contribution is -0.387. The topological polar surface area (TPSA) is 101 Å². The zero-order chi connectivity index (χ0) is 20.0. The van der Waals surface area contributed by atoms with Crippen molar-refractivity contribution in [2.45, 2.75) is 13.8 Å². The van der Waals surface area contributed by atoms with Crippen LogP contribution in [0.3, 0.4) is 0 Å². The average molecular weight is 391 g/mol. The Morgan fingerprint density at radius 3 is 2.37 bits per heavy atom. The van der Waals surface area contributed by atoms with E-state index >= 15 is 0 Å². The van der Waals surface area contributed by atoms with Crippen LogP contribution >= 0.6 is 11.8 Å². The third kappa shape index (κ3) is 6.07. The quantitative estimate of drug-likeness (QED) is 0.554. The van der Waals surface area contributed by atoms with Gasteiger partial charge in [0.05, 0.1) is 16.4 Å². The third-order valence-corrected chi connectivity index (χ3v) is 4.48. The molecular formula is C18H18FN3O4S. The van der Waals surface area contributed by atoms with Crippen LogP contribution < -0.4 is 10.6 Å². The summed E-state index contributed by atoms with van der Waals surface area (Å²) in [5, 5.41) is 15.9. The molecule has 0 saturated carbocycles. The van der Waals surface area contributed by atoms with Gasteiger partial charge in [0.25, 0.3) is 0 Å². The van der Waals surface area contributed by atoms with Crippen molar-refractivity contribution in [3.8, 4) is 0 Å². The van der Waals surface area contributed by atoms with Gasteiger partial charge in [-0.05, 0) is 37.6 Å². The highest BCUT2D eigenvalue weighted by atomic mass is 32.2. The number of carbonyl (C=O) groups excluding carboxylic acids is 2. The Kier molecular flexibility index (Phi) is 6.89. The molecule has 2 amide bonds. The predicted molar refractivity (Wildman–Crippen MR) is 104 cm³/mol. The number of hydrogen-bond acceptors (Lipinski definition) is 5. The first-order chi connectivity index (χ1) is 12.8. The second-order valence-corrected chi connectivity index (χ2v) is 6.82. The third-order valence-electron chi connectivity index (χ3n) is 3.55. The summed E-state index contributed by atoms with van der Waals surface area (Å²) < 4.78 is 13.3. The first kappa shape index (κ1) is 20.4. The van der Waals surface area contributed by atoms with Gasteiger partial charge < -0.3 is 10.6 Å². The van der Waals surface area contributed by atoms with Gasteiger partial charge in [0.1, 0.15) is 0 Å². The van der Waals surface area contributed by atoms with E-state index in [1.165, 1.54) is 6.07 Å². The minimum atomic E-state index is -0.976. The lowest BCUT2D eigenvalue weighted by atomic mass is 10.1. The Morgan fingerprint density at radius 2 is 1.74 bits per heavy atom. The zero-order valence-corrected chi connectivity index (χ0v) is 15.6. The Hall–Kier alpha value is -2.94. The summed E-state index contributed by atoms with van der Waals surface area (Å²) >= 11 is 1.10. The highest BCUT2D eigenvalue weighted by Gasteiger charge is 2.15. The molecule has 0 aromatic heterocycles. The molecule has 27 heavy (non-hydrogen) atoms. The summed E-state index contributed by atoms with van der Waals surface area (Å²) in [7, 11) is 0. The minimum absolute atomic E-state index is 0.0223. The van der Waals surface area contributed by atoms with Crippen molar-refractivity contribution in [2.24, 2.45) is 0 Å². The van der Waals surface area contributed by atoms with E-state index in [2.05, 4.69) is 10.6 Å². The normalized spacial score (nSPS) is 10.3. The van der Waals surface area contributed by atoms with Gasteiger partial charge in [0.2, 0.25) is 17.6 Å². The summed E-state index contributed by atoms with van der Waals surface area (Å²) in [6, 6.07) is 8.77. The molecule has 2 aromatic rings. The number of halogens is 1. The van der Waals surface area contributed by atoms with Crippen LogP contribution in [0.4, 0.5) is 21.5 Å².